The fourth-order valence-corrected chi connectivity index (χ4v) is 1.02. The molecule has 0 amide bonds. The second-order valence-corrected chi connectivity index (χ2v) is 2.80. The van der Waals surface area contributed by atoms with Gasteiger partial charge in [0.25, 0.3) is 0 Å². The highest BCUT2D eigenvalue weighted by Crippen LogP contribution is 2.08. The number of aromatic nitrogens is 2. The third-order valence-corrected chi connectivity index (χ3v) is 2.02. The normalized spacial score (nSPS) is 10.1. The number of carboxylic acid groups (broad SMARTS) is 1. The smallest absolute Gasteiger partial charge is 0.380 e. The van der Waals surface area contributed by atoms with Crippen LogP contribution in [0.3, 0.4) is 0 Å². The number of carbonyl (C=O) groups excluding carboxylic acids is 1. The summed E-state index contributed by atoms with van der Waals surface area (Å²) in [6.07, 6.45) is 0. The zero-order valence-electron chi connectivity index (χ0n) is 7.66. The Morgan fingerprint density at radius 1 is 1.38 bits per heavy atom. The highest BCUT2D eigenvalue weighted by Gasteiger charge is 2.21. The summed E-state index contributed by atoms with van der Waals surface area (Å²) in [7, 11) is 1.62. The molecule has 70 valence electrons. The van der Waals surface area contributed by atoms with Crippen LogP contribution in [0.15, 0.2) is 0 Å². The van der Waals surface area contributed by atoms with Crippen molar-refractivity contribution in [2.45, 2.75) is 13.8 Å². The molecule has 0 fully saturated rings. The minimum absolute atomic E-state index is 0.0255. The van der Waals surface area contributed by atoms with Crippen LogP contribution in [0, 0.1) is 13.8 Å². The maximum atomic E-state index is 11.0. The van der Waals surface area contributed by atoms with Crippen LogP contribution in [0.2, 0.25) is 0 Å². The molecule has 5 heteroatoms. The van der Waals surface area contributed by atoms with E-state index < -0.39 is 11.8 Å². The Balaban J connectivity index is 3.24. The largest absolute Gasteiger partial charge is 0.475 e. The minimum atomic E-state index is -1.48. The van der Waals surface area contributed by atoms with Crippen molar-refractivity contribution in [3.63, 3.8) is 0 Å². The van der Waals surface area contributed by atoms with E-state index in [0.717, 1.165) is 5.69 Å². The van der Waals surface area contributed by atoms with Crippen LogP contribution in [-0.4, -0.2) is 26.4 Å². The first-order chi connectivity index (χ1) is 5.95. The fourth-order valence-electron chi connectivity index (χ4n) is 1.02. The second kappa shape index (κ2) is 3.01. The summed E-state index contributed by atoms with van der Waals surface area (Å²) in [5.41, 5.74) is 1.47. The Labute approximate surface area is 75.0 Å². The number of rotatable bonds is 2. The molecule has 1 N–H and O–H groups in total. The highest BCUT2D eigenvalue weighted by molar-refractivity contribution is 6.38. The van der Waals surface area contributed by atoms with Gasteiger partial charge in [-0.05, 0) is 13.8 Å². The minimum Gasteiger partial charge on any atom is -0.475 e. The van der Waals surface area contributed by atoms with Crippen molar-refractivity contribution in [1.82, 2.24) is 9.55 Å². The lowest BCUT2D eigenvalue weighted by Gasteiger charge is -1.97. The summed E-state index contributed by atoms with van der Waals surface area (Å²) < 4.78 is 1.48. The van der Waals surface area contributed by atoms with Gasteiger partial charge in [0.05, 0.1) is 5.69 Å². The van der Waals surface area contributed by atoms with E-state index in [1.54, 1.807) is 20.9 Å². The number of carboxylic acids is 1. The molecule has 0 aliphatic carbocycles. The summed E-state index contributed by atoms with van der Waals surface area (Å²) in [6.45, 7) is 3.51. The molecule has 0 radical (unpaired) electrons. The molecule has 1 rings (SSSR count). The first-order valence-corrected chi connectivity index (χ1v) is 3.72. The number of carbonyl (C=O) groups is 2. The molecule has 0 atom stereocenters. The molecule has 1 heterocycles. The van der Waals surface area contributed by atoms with Gasteiger partial charge in [-0.2, -0.15) is 0 Å². The third kappa shape index (κ3) is 1.44. The van der Waals surface area contributed by atoms with Crippen molar-refractivity contribution in [3.8, 4) is 0 Å². The van der Waals surface area contributed by atoms with Gasteiger partial charge < -0.3 is 9.67 Å². The summed E-state index contributed by atoms with van der Waals surface area (Å²) in [4.78, 5) is 25.3. The number of nitrogens with zero attached hydrogens (tertiary/aromatic N) is 2. The molecule has 0 spiro atoms. The molecule has 0 saturated carbocycles. The van der Waals surface area contributed by atoms with Crippen molar-refractivity contribution in [1.29, 1.82) is 0 Å². The van der Waals surface area contributed by atoms with Crippen LogP contribution < -0.4 is 0 Å². The zero-order valence-corrected chi connectivity index (χ0v) is 7.66. The molecule has 1 aromatic heterocycles. The molecule has 0 saturated heterocycles. The Kier molecular flexibility index (Phi) is 2.18. The quantitative estimate of drug-likeness (QED) is 0.527. The number of Topliss-reactive ketones (excluding diaryl/α,β-unsaturated/α-hetero) is 1. The lowest BCUT2D eigenvalue weighted by molar-refractivity contribution is -0.131. The van der Waals surface area contributed by atoms with E-state index in [9.17, 15) is 9.59 Å². The van der Waals surface area contributed by atoms with Crippen LogP contribution in [0.1, 0.15) is 22.0 Å². The maximum Gasteiger partial charge on any atom is 0.380 e. The number of aliphatic carboxylic acids is 1. The Hall–Kier alpha value is -1.65. The maximum absolute atomic E-state index is 11.0. The third-order valence-electron chi connectivity index (χ3n) is 2.02. The summed E-state index contributed by atoms with van der Waals surface area (Å²) >= 11 is 0. The molecule has 0 bridgehead atoms. The van der Waals surface area contributed by atoms with E-state index >= 15 is 0 Å². The van der Waals surface area contributed by atoms with Gasteiger partial charge in [0, 0.05) is 12.7 Å². The average Bonchev–Trinajstić information content (AvgIpc) is 2.31. The van der Waals surface area contributed by atoms with E-state index in [1.165, 1.54) is 4.57 Å². The Bertz CT molecular complexity index is 379. The van der Waals surface area contributed by atoms with Crippen molar-refractivity contribution in [3.05, 3.63) is 17.2 Å². The van der Waals surface area contributed by atoms with Crippen LogP contribution in [0.4, 0.5) is 0 Å². The molecule has 0 unspecified atom stereocenters. The van der Waals surface area contributed by atoms with Crippen molar-refractivity contribution < 1.29 is 14.7 Å². The fraction of sp³-hybridized carbons (Fsp3) is 0.375. The summed E-state index contributed by atoms with van der Waals surface area (Å²) in [5.74, 6) is -2.48. The lowest BCUT2D eigenvalue weighted by atomic mass is 10.4. The van der Waals surface area contributed by atoms with E-state index in [2.05, 4.69) is 4.98 Å². The van der Waals surface area contributed by atoms with Crippen molar-refractivity contribution in [2.75, 3.05) is 0 Å². The van der Waals surface area contributed by atoms with Crippen LogP contribution >= 0.6 is 0 Å². The van der Waals surface area contributed by atoms with Gasteiger partial charge >= 0.3 is 11.8 Å². The van der Waals surface area contributed by atoms with Gasteiger partial charge in [-0.3, -0.25) is 4.79 Å². The highest BCUT2D eigenvalue weighted by atomic mass is 16.4. The van der Waals surface area contributed by atoms with Gasteiger partial charge in [0.1, 0.15) is 0 Å². The summed E-state index contributed by atoms with van der Waals surface area (Å²) in [6, 6.07) is 0. The predicted molar refractivity (Wildman–Crippen MR) is 44.6 cm³/mol. The molecular formula is C8H10N2O3. The lowest BCUT2D eigenvalue weighted by Crippen LogP contribution is -2.17. The monoisotopic (exact) mass is 182 g/mol. The zero-order chi connectivity index (χ0) is 10.2. The van der Waals surface area contributed by atoms with Crippen LogP contribution in [-0.2, 0) is 11.8 Å². The molecule has 0 aromatic carbocycles. The van der Waals surface area contributed by atoms with E-state index in [0.29, 0.717) is 5.69 Å². The predicted octanol–water partition coefficient (Wildman–Crippen LogP) is 0.304. The molecule has 0 aliphatic rings. The van der Waals surface area contributed by atoms with Crippen LogP contribution in [0.25, 0.3) is 0 Å². The van der Waals surface area contributed by atoms with E-state index in [-0.39, 0.29) is 5.82 Å². The SMILES string of the molecule is Cc1nc(C(=O)C(=O)O)n(C)c1C. The topological polar surface area (TPSA) is 72.2 Å². The number of aryl methyl sites for hydroxylation is 1. The van der Waals surface area contributed by atoms with Gasteiger partial charge in [-0.1, -0.05) is 0 Å². The van der Waals surface area contributed by atoms with Gasteiger partial charge in [-0.15, -0.1) is 0 Å². The van der Waals surface area contributed by atoms with Gasteiger partial charge in [0.15, 0.2) is 5.82 Å². The first-order valence-electron chi connectivity index (χ1n) is 3.72. The van der Waals surface area contributed by atoms with Crippen molar-refractivity contribution >= 4 is 11.8 Å². The van der Waals surface area contributed by atoms with Gasteiger partial charge in [-0.25, -0.2) is 9.78 Å². The molecule has 0 aliphatic heterocycles. The first kappa shape index (κ1) is 9.44. The molecule has 5 nitrogen and oxygen atoms in total. The van der Waals surface area contributed by atoms with Crippen LogP contribution in [0.5, 0.6) is 0 Å². The standard InChI is InChI=1S/C8H10N2O3/c1-4-5(2)10(3)7(9-4)6(11)8(12)13/h1-3H3,(H,12,13). The average molecular weight is 182 g/mol. The number of hydrogen-bond acceptors (Lipinski definition) is 3. The second-order valence-electron chi connectivity index (χ2n) is 2.80. The Morgan fingerprint density at radius 3 is 2.23 bits per heavy atom. The molecular weight excluding hydrogens is 172 g/mol. The number of ketones is 1. The van der Waals surface area contributed by atoms with E-state index in [4.69, 9.17) is 5.11 Å². The number of imidazole rings is 1. The molecule has 1 aromatic rings. The van der Waals surface area contributed by atoms with E-state index in [1.807, 2.05) is 0 Å². The summed E-state index contributed by atoms with van der Waals surface area (Å²) in [5, 5.41) is 8.46. The molecule has 13 heavy (non-hydrogen) atoms. The Morgan fingerprint density at radius 2 is 1.92 bits per heavy atom. The van der Waals surface area contributed by atoms with Gasteiger partial charge in [0.2, 0.25) is 0 Å². The number of hydrogen-bond donors (Lipinski definition) is 1. The van der Waals surface area contributed by atoms with Crippen molar-refractivity contribution in [2.24, 2.45) is 7.05 Å².